The number of benzene rings is 2. The summed E-state index contributed by atoms with van der Waals surface area (Å²) in [6.07, 6.45) is 0.541. The molecule has 0 aliphatic carbocycles. The molecule has 2 aromatic carbocycles. The van der Waals surface area contributed by atoms with Crippen molar-refractivity contribution in [1.29, 1.82) is 0 Å². The lowest BCUT2D eigenvalue weighted by molar-refractivity contribution is 0.580. The zero-order valence-corrected chi connectivity index (χ0v) is 17.6. The number of hydrogen-bond acceptors (Lipinski definition) is 5. The number of halogens is 2. The third-order valence-electron chi connectivity index (χ3n) is 3.55. The second-order valence-corrected chi connectivity index (χ2v) is 10.7. The van der Waals surface area contributed by atoms with Gasteiger partial charge in [0.1, 0.15) is 0 Å². The summed E-state index contributed by atoms with van der Waals surface area (Å²) in [6.45, 7) is 0.132. The van der Waals surface area contributed by atoms with Gasteiger partial charge in [-0.15, -0.1) is 11.3 Å². The monoisotopic (exact) mass is 446 g/mol. The van der Waals surface area contributed by atoms with Crippen LogP contribution in [0, 0.1) is 0 Å². The molecule has 0 atom stereocenters. The Morgan fingerprint density at radius 1 is 1.15 bits per heavy atom. The van der Waals surface area contributed by atoms with E-state index in [1.807, 2.05) is 24.3 Å². The van der Waals surface area contributed by atoms with Crippen LogP contribution < -0.4 is 4.72 Å². The number of fused-ring (bicyclic) bond motifs is 1. The lowest BCUT2D eigenvalue weighted by Gasteiger charge is -2.08. The van der Waals surface area contributed by atoms with E-state index in [2.05, 4.69) is 9.71 Å². The van der Waals surface area contributed by atoms with Gasteiger partial charge in [-0.1, -0.05) is 47.1 Å². The van der Waals surface area contributed by atoms with E-state index in [0.29, 0.717) is 27.8 Å². The predicted octanol–water partition coefficient (Wildman–Crippen LogP) is 5.20. The van der Waals surface area contributed by atoms with Crippen LogP contribution in [-0.2, 0) is 16.6 Å². The van der Waals surface area contributed by atoms with Crippen molar-refractivity contribution in [3.8, 4) is 0 Å². The van der Waals surface area contributed by atoms with E-state index in [9.17, 15) is 8.42 Å². The Balaban J connectivity index is 1.46. The summed E-state index contributed by atoms with van der Waals surface area (Å²) < 4.78 is 29.0. The van der Waals surface area contributed by atoms with Gasteiger partial charge < -0.3 is 0 Å². The molecule has 1 aromatic heterocycles. The molecule has 0 spiro atoms. The average Bonchev–Trinajstić information content (AvgIpc) is 3.02. The molecule has 9 heteroatoms. The van der Waals surface area contributed by atoms with Crippen molar-refractivity contribution >= 4 is 66.5 Å². The number of thiazole rings is 1. The lowest BCUT2D eigenvalue weighted by atomic mass is 10.2. The topological polar surface area (TPSA) is 59.1 Å². The van der Waals surface area contributed by atoms with Crippen molar-refractivity contribution < 1.29 is 8.42 Å². The minimum absolute atomic E-state index is 0.0586. The number of para-hydroxylation sites is 1. The van der Waals surface area contributed by atoms with E-state index in [1.165, 1.54) is 0 Å². The minimum Gasteiger partial charge on any atom is -0.230 e. The lowest BCUT2D eigenvalue weighted by Crippen LogP contribution is -2.26. The predicted molar refractivity (Wildman–Crippen MR) is 112 cm³/mol. The molecule has 3 aromatic rings. The molecule has 1 N–H and O–H groups in total. The van der Waals surface area contributed by atoms with Gasteiger partial charge in [0, 0.05) is 22.3 Å². The second kappa shape index (κ2) is 8.91. The third kappa shape index (κ3) is 5.58. The Labute approximate surface area is 171 Å². The van der Waals surface area contributed by atoms with E-state index < -0.39 is 10.0 Å². The van der Waals surface area contributed by atoms with Gasteiger partial charge >= 0.3 is 0 Å². The SMILES string of the molecule is O=S(=O)(CCCSc1nc2ccccc2s1)NCc1cc(Cl)ccc1Cl. The van der Waals surface area contributed by atoms with Crippen LogP contribution >= 0.6 is 46.3 Å². The first kappa shape index (κ1) is 19.9. The summed E-state index contributed by atoms with van der Waals surface area (Å²) in [5.41, 5.74) is 1.64. The minimum atomic E-state index is -3.37. The van der Waals surface area contributed by atoms with Crippen LogP contribution in [-0.4, -0.2) is 24.9 Å². The first-order chi connectivity index (χ1) is 12.4. The van der Waals surface area contributed by atoms with Crippen molar-refractivity contribution in [3.05, 3.63) is 58.1 Å². The zero-order chi connectivity index (χ0) is 18.6. The van der Waals surface area contributed by atoms with Gasteiger partial charge in [0.25, 0.3) is 0 Å². The van der Waals surface area contributed by atoms with Gasteiger partial charge in [-0.25, -0.2) is 18.1 Å². The molecule has 0 aliphatic heterocycles. The Morgan fingerprint density at radius 2 is 1.96 bits per heavy atom. The number of hydrogen-bond donors (Lipinski definition) is 1. The molecule has 0 aliphatic rings. The fourth-order valence-electron chi connectivity index (χ4n) is 2.26. The van der Waals surface area contributed by atoms with E-state index in [4.69, 9.17) is 23.2 Å². The van der Waals surface area contributed by atoms with Gasteiger partial charge in [0.05, 0.1) is 16.0 Å². The highest BCUT2D eigenvalue weighted by Gasteiger charge is 2.12. The maximum Gasteiger partial charge on any atom is 0.211 e. The summed E-state index contributed by atoms with van der Waals surface area (Å²) in [6, 6.07) is 12.9. The van der Waals surface area contributed by atoms with Gasteiger partial charge in [0.15, 0.2) is 4.34 Å². The summed E-state index contributed by atoms with van der Waals surface area (Å²) in [4.78, 5) is 4.53. The molecule has 26 heavy (non-hydrogen) atoms. The maximum absolute atomic E-state index is 12.1. The van der Waals surface area contributed by atoms with Crippen molar-refractivity contribution in [2.24, 2.45) is 0 Å². The van der Waals surface area contributed by atoms with Gasteiger partial charge in [-0.05, 0) is 42.3 Å². The molecular weight excluding hydrogens is 431 g/mol. The maximum atomic E-state index is 12.1. The van der Waals surface area contributed by atoms with Gasteiger partial charge in [-0.2, -0.15) is 0 Å². The Bertz CT molecular complexity index is 973. The number of thioether (sulfide) groups is 1. The first-order valence-electron chi connectivity index (χ1n) is 7.82. The van der Waals surface area contributed by atoms with Crippen LogP contribution in [0.15, 0.2) is 46.8 Å². The molecule has 0 radical (unpaired) electrons. The Morgan fingerprint density at radius 3 is 2.77 bits per heavy atom. The van der Waals surface area contributed by atoms with Crippen LogP contribution in [0.3, 0.4) is 0 Å². The Kier molecular flexibility index (Phi) is 6.82. The summed E-state index contributed by atoms with van der Waals surface area (Å²) in [5, 5.41) is 1.01. The van der Waals surface area contributed by atoms with Crippen molar-refractivity contribution in [3.63, 3.8) is 0 Å². The smallest absolute Gasteiger partial charge is 0.211 e. The van der Waals surface area contributed by atoms with Crippen LogP contribution in [0.25, 0.3) is 10.2 Å². The highest BCUT2D eigenvalue weighted by atomic mass is 35.5. The van der Waals surface area contributed by atoms with Crippen LogP contribution in [0.4, 0.5) is 0 Å². The van der Waals surface area contributed by atoms with Crippen LogP contribution in [0.1, 0.15) is 12.0 Å². The number of nitrogens with one attached hydrogen (secondary N) is 1. The Hall–Kier alpha value is -0.830. The van der Waals surface area contributed by atoms with Gasteiger partial charge in [-0.3, -0.25) is 0 Å². The fourth-order valence-corrected chi connectivity index (χ4v) is 5.94. The zero-order valence-electron chi connectivity index (χ0n) is 13.6. The molecule has 3 rings (SSSR count). The number of aromatic nitrogens is 1. The number of sulfonamides is 1. The van der Waals surface area contributed by atoms with Crippen molar-refractivity contribution in [1.82, 2.24) is 9.71 Å². The quantitative estimate of drug-likeness (QED) is 0.381. The fraction of sp³-hybridized carbons (Fsp3) is 0.235. The normalized spacial score (nSPS) is 11.9. The van der Waals surface area contributed by atoms with Crippen molar-refractivity contribution in [2.45, 2.75) is 17.3 Å². The molecule has 0 bridgehead atoms. The summed E-state index contributed by atoms with van der Waals surface area (Å²) in [5.74, 6) is 0.752. The molecular formula is C17H16Cl2N2O2S3. The van der Waals surface area contributed by atoms with E-state index in [0.717, 1.165) is 14.6 Å². The van der Waals surface area contributed by atoms with E-state index in [1.54, 1.807) is 41.3 Å². The largest absolute Gasteiger partial charge is 0.230 e. The molecule has 0 fully saturated rings. The summed E-state index contributed by atoms with van der Waals surface area (Å²) in [7, 11) is -3.37. The molecule has 0 unspecified atom stereocenters. The summed E-state index contributed by atoms with van der Waals surface area (Å²) >= 11 is 15.2. The van der Waals surface area contributed by atoms with Gasteiger partial charge in [0.2, 0.25) is 10.0 Å². The standard InChI is InChI=1S/C17H16Cl2N2O2S3/c18-13-6-7-14(19)12(10-13)11-20-26(22,23)9-3-8-24-17-21-15-4-1-2-5-16(15)25-17/h1-2,4-7,10,20H,3,8-9,11H2. The molecule has 138 valence electrons. The average molecular weight is 447 g/mol. The number of rotatable bonds is 8. The molecule has 0 saturated carbocycles. The van der Waals surface area contributed by atoms with Crippen LogP contribution in [0.2, 0.25) is 10.0 Å². The molecule has 0 saturated heterocycles. The van der Waals surface area contributed by atoms with E-state index >= 15 is 0 Å². The molecule has 4 nitrogen and oxygen atoms in total. The van der Waals surface area contributed by atoms with Crippen molar-refractivity contribution in [2.75, 3.05) is 11.5 Å². The highest BCUT2D eigenvalue weighted by molar-refractivity contribution is 8.01. The first-order valence-corrected chi connectivity index (χ1v) is 12.0. The highest BCUT2D eigenvalue weighted by Crippen LogP contribution is 2.29. The third-order valence-corrected chi connectivity index (χ3v) is 7.83. The van der Waals surface area contributed by atoms with E-state index in [-0.39, 0.29) is 12.3 Å². The number of nitrogens with zero attached hydrogens (tertiary/aromatic N) is 1. The second-order valence-electron chi connectivity index (χ2n) is 5.53. The molecule has 1 heterocycles. The molecule has 0 amide bonds. The van der Waals surface area contributed by atoms with Crippen LogP contribution in [0.5, 0.6) is 0 Å².